The number of aromatic nitrogens is 2. The van der Waals surface area contributed by atoms with Crippen LogP contribution in [0.1, 0.15) is 52.7 Å². The zero-order chi connectivity index (χ0) is 20.8. The van der Waals surface area contributed by atoms with Gasteiger partial charge in [0.05, 0.1) is 11.3 Å². The van der Waals surface area contributed by atoms with Crippen LogP contribution in [0.3, 0.4) is 0 Å². The van der Waals surface area contributed by atoms with Crippen LogP contribution < -0.4 is 15.2 Å². The number of carbonyl (C=O) groups is 2. The molecule has 1 saturated heterocycles. The van der Waals surface area contributed by atoms with E-state index in [0.717, 1.165) is 42.9 Å². The standard InChI is InChI=1S/C22H26N4O4/c1-25-12-17(21(23)27)20(24-25)14-3-2-6-26(11-14)22(28)16-10-15(16)13-4-5-18-19(9-13)30-8-7-29-18/h4-5,9,12,14-16H,2-3,6-8,10-11H2,1H3,(H2,23,27)/t14-,15-,16+/m1/s1. The van der Waals surface area contributed by atoms with Gasteiger partial charge in [-0.05, 0) is 42.9 Å². The summed E-state index contributed by atoms with van der Waals surface area (Å²) in [5, 5.41) is 4.47. The van der Waals surface area contributed by atoms with Crippen molar-refractivity contribution in [3.63, 3.8) is 0 Å². The van der Waals surface area contributed by atoms with E-state index >= 15 is 0 Å². The molecular weight excluding hydrogens is 384 g/mol. The maximum atomic E-state index is 13.2. The molecule has 5 rings (SSSR count). The molecule has 3 heterocycles. The fraction of sp³-hybridized carbons (Fsp3) is 0.500. The monoisotopic (exact) mass is 410 g/mol. The summed E-state index contributed by atoms with van der Waals surface area (Å²) in [6, 6.07) is 5.99. The quantitative estimate of drug-likeness (QED) is 0.829. The molecule has 2 fully saturated rings. The highest BCUT2D eigenvalue weighted by atomic mass is 16.6. The molecule has 2 aromatic rings. The van der Waals surface area contributed by atoms with E-state index in [4.69, 9.17) is 15.2 Å². The van der Waals surface area contributed by atoms with Gasteiger partial charge in [0.2, 0.25) is 5.91 Å². The first-order valence-electron chi connectivity index (χ1n) is 10.5. The van der Waals surface area contributed by atoms with E-state index in [-0.39, 0.29) is 23.7 Å². The summed E-state index contributed by atoms with van der Waals surface area (Å²) in [6.45, 7) is 2.46. The molecule has 8 heteroatoms. The van der Waals surface area contributed by atoms with Gasteiger partial charge in [-0.15, -0.1) is 0 Å². The topological polar surface area (TPSA) is 99.7 Å². The first-order chi connectivity index (χ1) is 14.5. The van der Waals surface area contributed by atoms with E-state index < -0.39 is 5.91 Å². The van der Waals surface area contributed by atoms with Gasteiger partial charge in [-0.25, -0.2) is 0 Å². The van der Waals surface area contributed by atoms with Crippen molar-refractivity contribution in [2.24, 2.45) is 18.7 Å². The number of aryl methyl sites for hydroxylation is 1. The summed E-state index contributed by atoms with van der Waals surface area (Å²) in [5.74, 6) is 1.53. The average Bonchev–Trinajstić information content (AvgIpc) is 3.46. The summed E-state index contributed by atoms with van der Waals surface area (Å²) in [5.41, 5.74) is 7.82. The number of carbonyl (C=O) groups excluding carboxylic acids is 2. The average molecular weight is 410 g/mol. The highest BCUT2D eigenvalue weighted by molar-refractivity contribution is 5.94. The normalized spacial score (nSPS) is 25.1. The molecule has 30 heavy (non-hydrogen) atoms. The molecule has 0 radical (unpaired) electrons. The second-order valence-corrected chi connectivity index (χ2v) is 8.44. The molecule has 8 nitrogen and oxygen atoms in total. The second-order valence-electron chi connectivity index (χ2n) is 8.44. The molecule has 2 amide bonds. The number of ether oxygens (including phenoxy) is 2. The van der Waals surface area contributed by atoms with E-state index in [1.54, 1.807) is 17.9 Å². The molecule has 3 aliphatic rings. The van der Waals surface area contributed by atoms with Crippen molar-refractivity contribution < 1.29 is 19.1 Å². The van der Waals surface area contributed by atoms with Gasteiger partial charge in [0.25, 0.3) is 5.91 Å². The summed E-state index contributed by atoms with van der Waals surface area (Å²) >= 11 is 0. The van der Waals surface area contributed by atoms with E-state index in [2.05, 4.69) is 5.10 Å². The van der Waals surface area contributed by atoms with Crippen molar-refractivity contribution in [2.45, 2.75) is 31.1 Å². The number of amides is 2. The maximum absolute atomic E-state index is 13.2. The van der Waals surface area contributed by atoms with E-state index in [9.17, 15) is 9.59 Å². The number of fused-ring (bicyclic) bond motifs is 1. The molecule has 1 aromatic carbocycles. The van der Waals surface area contributed by atoms with Crippen LogP contribution >= 0.6 is 0 Å². The first kappa shape index (κ1) is 19.0. The highest BCUT2D eigenvalue weighted by Crippen LogP contribution is 2.50. The molecule has 0 spiro atoms. The maximum Gasteiger partial charge on any atom is 0.252 e. The molecule has 1 aromatic heterocycles. The Morgan fingerprint density at radius 3 is 2.80 bits per heavy atom. The van der Waals surface area contributed by atoms with Crippen LogP contribution in [-0.4, -0.2) is 52.8 Å². The lowest BCUT2D eigenvalue weighted by Gasteiger charge is -2.32. The van der Waals surface area contributed by atoms with Crippen molar-refractivity contribution in [1.29, 1.82) is 0 Å². The van der Waals surface area contributed by atoms with Crippen molar-refractivity contribution in [1.82, 2.24) is 14.7 Å². The Morgan fingerprint density at radius 2 is 2.00 bits per heavy atom. The molecular formula is C22H26N4O4. The van der Waals surface area contributed by atoms with Gasteiger partial charge in [-0.1, -0.05) is 6.07 Å². The molecule has 0 unspecified atom stereocenters. The lowest BCUT2D eigenvalue weighted by atomic mass is 9.92. The van der Waals surface area contributed by atoms with Crippen molar-refractivity contribution in [3.05, 3.63) is 41.2 Å². The van der Waals surface area contributed by atoms with Crippen molar-refractivity contribution in [3.8, 4) is 11.5 Å². The minimum absolute atomic E-state index is 0.00523. The third-order valence-corrected chi connectivity index (χ3v) is 6.34. The van der Waals surface area contributed by atoms with Crippen LogP contribution in [0.4, 0.5) is 0 Å². The van der Waals surface area contributed by atoms with Crippen molar-refractivity contribution >= 4 is 11.8 Å². The molecule has 1 aliphatic carbocycles. The summed E-state index contributed by atoms with van der Waals surface area (Å²) in [4.78, 5) is 26.9. The van der Waals surface area contributed by atoms with Crippen LogP contribution in [0.15, 0.2) is 24.4 Å². The molecule has 3 atom stereocenters. The number of likely N-dealkylation sites (tertiary alicyclic amines) is 1. The Balaban J connectivity index is 1.28. The van der Waals surface area contributed by atoms with Crippen LogP contribution in [-0.2, 0) is 11.8 Å². The number of hydrogen-bond donors (Lipinski definition) is 1. The van der Waals surface area contributed by atoms with Gasteiger partial charge in [-0.3, -0.25) is 14.3 Å². The Morgan fingerprint density at radius 1 is 1.20 bits per heavy atom. The molecule has 1 saturated carbocycles. The van der Waals surface area contributed by atoms with Gasteiger partial charge < -0.3 is 20.1 Å². The van der Waals surface area contributed by atoms with Crippen LogP contribution in [0.25, 0.3) is 0 Å². The predicted molar refractivity (Wildman–Crippen MR) is 109 cm³/mol. The zero-order valence-electron chi connectivity index (χ0n) is 17.0. The Bertz CT molecular complexity index is 1000. The van der Waals surface area contributed by atoms with Crippen molar-refractivity contribution in [2.75, 3.05) is 26.3 Å². The predicted octanol–water partition coefficient (Wildman–Crippen LogP) is 1.80. The molecule has 2 N–H and O–H groups in total. The minimum atomic E-state index is -0.470. The largest absolute Gasteiger partial charge is 0.486 e. The summed E-state index contributed by atoms with van der Waals surface area (Å²) in [7, 11) is 1.78. The smallest absolute Gasteiger partial charge is 0.252 e. The van der Waals surface area contributed by atoms with Gasteiger partial charge in [0, 0.05) is 38.2 Å². The molecule has 158 valence electrons. The molecule has 2 aliphatic heterocycles. The third-order valence-electron chi connectivity index (χ3n) is 6.34. The van der Waals surface area contributed by atoms with Crippen LogP contribution in [0.5, 0.6) is 11.5 Å². The molecule has 0 bridgehead atoms. The Kier molecular flexibility index (Phi) is 4.64. The number of piperidine rings is 1. The third kappa shape index (κ3) is 3.40. The number of nitrogens with zero attached hydrogens (tertiary/aromatic N) is 3. The Hall–Kier alpha value is -3.03. The van der Waals surface area contributed by atoms with E-state index in [0.29, 0.717) is 31.0 Å². The number of hydrogen-bond acceptors (Lipinski definition) is 5. The minimum Gasteiger partial charge on any atom is -0.486 e. The number of benzene rings is 1. The van der Waals surface area contributed by atoms with Crippen LogP contribution in [0, 0.1) is 5.92 Å². The van der Waals surface area contributed by atoms with Gasteiger partial charge >= 0.3 is 0 Å². The lowest BCUT2D eigenvalue weighted by molar-refractivity contribution is -0.133. The highest BCUT2D eigenvalue weighted by Gasteiger charge is 2.47. The second kappa shape index (κ2) is 7.34. The number of rotatable bonds is 4. The number of primary amides is 1. The van der Waals surface area contributed by atoms with Gasteiger partial charge in [0.15, 0.2) is 11.5 Å². The zero-order valence-corrected chi connectivity index (χ0v) is 17.0. The van der Waals surface area contributed by atoms with Gasteiger partial charge in [-0.2, -0.15) is 5.10 Å². The fourth-order valence-corrected chi connectivity index (χ4v) is 4.76. The Labute approximate surface area is 174 Å². The van der Waals surface area contributed by atoms with Gasteiger partial charge in [0.1, 0.15) is 13.2 Å². The fourth-order valence-electron chi connectivity index (χ4n) is 4.76. The summed E-state index contributed by atoms with van der Waals surface area (Å²) in [6.07, 6.45) is 4.32. The number of nitrogens with two attached hydrogens (primary N) is 1. The van der Waals surface area contributed by atoms with Crippen LogP contribution in [0.2, 0.25) is 0 Å². The first-order valence-corrected chi connectivity index (χ1v) is 10.5. The SMILES string of the molecule is Cn1cc(C(N)=O)c([C@@H]2CCCN(C(=O)[C@H]3C[C@@H]3c3ccc4c(c3)OCCO4)C2)n1. The van der Waals surface area contributed by atoms with E-state index in [1.165, 1.54) is 0 Å². The lowest BCUT2D eigenvalue weighted by Crippen LogP contribution is -2.40. The summed E-state index contributed by atoms with van der Waals surface area (Å²) < 4.78 is 12.9. The van der Waals surface area contributed by atoms with E-state index in [1.807, 2.05) is 23.1 Å².